The molecule has 2 atom stereocenters. The Bertz CT molecular complexity index is 840. The first-order chi connectivity index (χ1) is 10.7. The largest absolute Gasteiger partial charge is 0.357 e. The first kappa shape index (κ1) is 16.2. The second kappa shape index (κ2) is 5.47. The van der Waals surface area contributed by atoms with E-state index in [-0.39, 0.29) is 22.6 Å². The lowest BCUT2D eigenvalue weighted by Gasteiger charge is -2.19. The molecule has 1 saturated heterocycles. The van der Waals surface area contributed by atoms with E-state index in [9.17, 15) is 13.0 Å². The Kier molecular flexibility index (Phi) is 3.86. The van der Waals surface area contributed by atoms with Crippen LogP contribution in [-0.4, -0.2) is 25.3 Å². The fourth-order valence-electron chi connectivity index (χ4n) is 2.81. The maximum Gasteiger partial charge on any atom is 0.295 e. The van der Waals surface area contributed by atoms with Gasteiger partial charge in [-0.05, 0) is 29.4 Å². The fraction of sp³-hybridized carbons (Fsp3) is 0.412. The number of hydrogen-bond acceptors (Lipinski definition) is 4. The monoisotopic (exact) mass is 335 g/mol. The molecule has 6 heteroatoms. The average Bonchev–Trinajstić information content (AvgIpc) is 3.26. The molecule has 0 aromatic heterocycles. The molecule has 1 aliphatic rings. The van der Waals surface area contributed by atoms with Gasteiger partial charge in [0.25, 0.3) is 10.1 Å². The zero-order valence-electron chi connectivity index (χ0n) is 13.4. The molecule has 0 aliphatic carbocycles. The summed E-state index contributed by atoms with van der Waals surface area (Å²) in [5, 5.41) is 4.50. The first-order valence-corrected chi connectivity index (χ1v) is 9.09. The molecule has 1 aliphatic heterocycles. The summed E-state index contributed by atoms with van der Waals surface area (Å²) >= 11 is 0. The molecule has 2 aromatic carbocycles. The van der Waals surface area contributed by atoms with E-state index < -0.39 is 10.1 Å². The summed E-state index contributed by atoms with van der Waals surface area (Å²) in [6.45, 7) is 6.41. The summed E-state index contributed by atoms with van der Waals surface area (Å²) in [4.78, 5) is -0.0925. The molecule has 3 rings (SSSR count). The average molecular weight is 335 g/mol. The summed E-state index contributed by atoms with van der Waals surface area (Å²) in [5.41, 5.74) is 0.698. The van der Waals surface area contributed by atoms with Gasteiger partial charge in [-0.2, -0.15) is 8.42 Å². The van der Waals surface area contributed by atoms with Crippen molar-refractivity contribution in [2.75, 3.05) is 5.32 Å². The van der Waals surface area contributed by atoms with Crippen LogP contribution in [-0.2, 0) is 14.9 Å². The van der Waals surface area contributed by atoms with Crippen molar-refractivity contribution in [1.82, 2.24) is 0 Å². The Morgan fingerprint density at radius 3 is 2.48 bits per heavy atom. The van der Waals surface area contributed by atoms with E-state index >= 15 is 0 Å². The quantitative estimate of drug-likeness (QED) is 0.644. The highest BCUT2D eigenvalue weighted by molar-refractivity contribution is 7.86. The molecular formula is C17H21NO4S. The second-order valence-electron chi connectivity index (χ2n) is 6.60. The van der Waals surface area contributed by atoms with Crippen LogP contribution in [0.2, 0.25) is 0 Å². The molecule has 124 valence electrons. The molecule has 1 heterocycles. The molecule has 0 saturated carbocycles. The standard InChI is InChI=1S/C17H21NO4S/c1-4-17(2,3)15-16(22-15)18-12-9-5-7-11-8-6-10-13(14(11)12)23(19,20)21/h5-10,15-16,18H,4H2,1-3H3,(H,19,20,21). The Labute approximate surface area is 136 Å². The highest BCUT2D eigenvalue weighted by atomic mass is 32.2. The second-order valence-corrected chi connectivity index (χ2v) is 7.99. The van der Waals surface area contributed by atoms with Crippen LogP contribution >= 0.6 is 0 Å². The third-order valence-electron chi connectivity index (χ3n) is 4.62. The van der Waals surface area contributed by atoms with Crippen LogP contribution in [0.1, 0.15) is 27.2 Å². The van der Waals surface area contributed by atoms with Gasteiger partial charge in [-0.1, -0.05) is 45.0 Å². The predicted molar refractivity (Wildman–Crippen MR) is 90.1 cm³/mol. The number of nitrogens with one attached hydrogen (secondary N) is 1. The third kappa shape index (κ3) is 3.06. The first-order valence-electron chi connectivity index (χ1n) is 7.65. The molecule has 0 radical (unpaired) electrons. The molecule has 2 aromatic rings. The van der Waals surface area contributed by atoms with Gasteiger partial charge in [0, 0.05) is 11.1 Å². The molecule has 1 fully saturated rings. The number of rotatable bonds is 5. The Balaban J connectivity index is 2.00. The minimum atomic E-state index is -4.29. The lowest BCUT2D eigenvalue weighted by molar-refractivity contribution is 0.233. The van der Waals surface area contributed by atoms with Gasteiger partial charge in [-0.15, -0.1) is 0 Å². The van der Waals surface area contributed by atoms with Gasteiger partial charge in [0.2, 0.25) is 0 Å². The van der Waals surface area contributed by atoms with Crippen molar-refractivity contribution in [3.05, 3.63) is 36.4 Å². The van der Waals surface area contributed by atoms with E-state index in [0.29, 0.717) is 11.1 Å². The summed E-state index contributed by atoms with van der Waals surface area (Å²) in [6, 6.07) is 10.3. The van der Waals surface area contributed by atoms with Crippen molar-refractivity contribution in [2.45, 2.75) is 44.4 Å². The highest BCUT2D eigenvalue weighted by Crippen LogP contribution is 2.42. The SMILES string of the molecule is CCC(C)(C)C1OC1Nc1cccc2cccc(S(=O)(=O)O)c12. The van der Waals surface area contributed by atoms with Crippen molar-refractivity contribution in [3.8, 4) is 0 Å². The van der Waals surface area contributed by atoms with Gasteiger partial charge >= 0.3 is 0 Å². The lowest BCUT2D eigenvalue weighted by atomic mass is 9.86. The third-order valence-corrected chi connectivity index (χ3v) is 5.51. The number of benzene rings is 2. The molecule has 23 heavy (non-hydrogen) atoms. The van der Waals surface area contributed by atoms with Crippen LogP contribution in [0.25, 0.3) is 10.8 Å². The van der Waals surface area contributed by atoms with E-state index in [1.807, 2.05) is 18.2 Å². The lowest BCUT2D eigenvalue weighted by Crippen LogP contribution is -2.22. The molecule has 0 bridgehead atoms. The van der Waals surface area contributed by atoms with Gasteiger partial charge in [0.1, 0.15) is 11.0 Å². The zero-order valence-corrected chi connectivity index (χ0v) is 14.2. The van der Waals surface area contributed by atoms with Gasteiger partial charge < -0.3 is 10.1 Å². The normalized spacial score (nSPS) is 21.4. The van der Waals surface area contributed by atoms with E-state index in [1.165, 1.54) is 6.07 Å². The van der Waals surface area contributed by atoms with Gasteiger partial charge in [-0.25, -0.2) is 0 Å². The smallest absolute Gasteiger partial charge is 0.295 e. The highest BCUT2D eigenvalue weighted by Gasteiger charge is 2.49. The van der Waals surface area contributed by atoms with Crippen LogP contribution in [0.15, 0.2) is 41.3 Å². The molecule has 0 amide bonds. The number of anilines is 1. The minimum Gasteiger partial charge on any atom is -0.357 e. The van der Waals surface area contributed by atoms with Crippen molar-refractivity contribution < 1.29 is 17.7 Å². The minimum absolute atomic E-state index is 0.0497. The Morgan fingerprint density at radius 2 is 1.87 bits per heavy atom. The van der Waals surface area contributed by atoms with Crippen LogP contribution < -0.4 is 5.32 Å². The molecule has 5 nitrogen and oxygen atoms in total. The van der Waals surface area contributed by atoms with Crippen molar-refractivity contribution in [3.63, 3.8) is 0 Å². The summed E-state index contributed by atoms with van der Waals surface area (Å²) in [6.07, 6.45) is 0.924. The molecular weight excluding hydrogens is 314 g/mol. The fourth-order valence-corrected chi connectivity index (χ4v) is 3.55. The maximum atomic E-state index is 11.7. The van der Waals surface area contributed by atoms with Gasteiger partial charge in [0.15, 0.2) is 6.23 Å². The molecule has 2 N–H and O–H groups in total. The number of epoxide rings is 1. The van der Waals surface area contributed by atoms with Crippen LogP contribution in [0.5, 0.6) is 0 Å². The predicted octanol–water partition coefficient (Wildman–Crippen LogP) is 3.66. The van der Waals surface area contributed by atoms with Crippen molar-refractivity contribution in [1.29, 1.82) is 0 Å². The number of ether oxygens (including phenoxy) is 1. The van der Waals surface area contributed by atoms with Gasteiger partial charge in [-0.3, -0.25) is 4.55 Å². The summed E-state index contributed by atoms with van der Waals surface area (Å²) in [5.74, 6) is 0. The Morgan fingerprint density at radius 1 is 1.22 bits per heavy atom. The van der Waals surface area contributed by atoms with E-state index in [2.05, 4.69) is 26.1 Å². The Hall–Kier alpha value is -1.63. The molecule has 0 spiro atoms. The van der Waals surface area contributed by atoms with Gasteiger partial charge in [0.05, 0.1) is 0 Å². The van der Waals surface area contributed by atoms with Crippen LogP contribution in [0.4, 0.5) is 5.69 Å². The molecule has 2 unspecified atom stereocenters. The van der Waals surface area contributed by atoms with E-state index in [0.717, 1.165) is 11.8 Å². The van der Waals surface area contributed by atoms with Crippen molar-refractivity contribution >= 4 is 26.6 Å². The van der Waals surface area contributed by atoms with E-state index in [1.54, 1.807) is 12.1 Å². The number of hydrogen-bond donors (Lipinski definition) is 2. The van der Waals surface area contributed by atoms with E-state index in [4.69, 9.17) is 4.74 Å². The zero-order chi connectivity index (χ0) is 16.8. The topological polar surface area (TPSA) is 78.9 Å². The van der Waals surface area contributed by atoms with Crippen LogP contribution in [0.3, 0.4) is 0 Å². The number of fused-ring (bicyclic) bond motifs is 1. The summed E-state index contributed by atoms with van der Waals surface area (Å²) < 4.78 is 38.6. The maximum absolute atomic E-state index is 11.7. The van der Waals surface area contributed by atoms with Crippen LogP contribution in [0, 0.1) is 5.41 Å². The van der Waals surface area contributed by atoms with Crippen molar-refractivity contribution in [2.24, 2.45) is 5.41 Å². The summed E-state index contributed by atoms with van der Waals surface area (Å²) in [7, 11) is -4.29.